The molecule has 1 N–H and O–H groups in total. The van der Waals surface area contributed by atoms with Gasteiger partial charge < -0.3 is 14.6 Å². The number of esters is 1. The minimum Gasteiger partial charge on any atom is -0.464 e. The van der Waals surface area contributed by atoms with Crippen molar-refractivity contribution in [2.45, 2.75) is 20.0 Å². The molecule has 0 fully saturated rings. The largest absolute Gasteiger partial charge is 0.464 e. The second-order valence-corrected chi connectivity index (χ2v) is 2.34. The Morgan fingerprint density at radius 3 is 2.46 bits per heavy atom. The molecule has 0 aliphatic carbocycles. The number of aliphatic hydroxyl groups excluding tert-OH is 1. The first-order valence-corrected chi connectivity index (χ1v) is 4.03. The summed E-state index contributed by atoms with van der Waals surface area (Å²) in [4.78, 5) is 21.9. The summed E-state index contributed by atoms with van der Waals surface area (Å²) in [7, 11) is 0. The summed E-state index contributed by atoms with van der Waals surface area (Å²) in [5.74, 6) is -1.13. The maximum Gasteiger partial charge on any atom is 0.343 e. The van der Waals surface area contributed by atoms with Crippen LogP contribution in [0.4, 0.5) is 0 Å². The first-order chi connectivity index (χ1) is 6.13. The van der Waals surface area contributed by atoms with Gasteiger partial charge in [0, 0.05) is 0 Å². The van der Waals surface area contributed by atoms with Crippen LogP contribution in [0, 0.1) is 0 Å². The molecule has 0 aliphatic heterocycles. The van der Waals surface area contributed by atoms with Crippen molar-refractivity contribution < 1.29 is 24.2 Å². The van der Waals surface area contributed by atoms with Crippen LogP contribution in [0.25, 0.3) is 0 Å². The highest BCUT2D eigenvalue weighted by Gasteiger charge is 2.24. The van der Waals surface area contributed by atoms with E-state index >= 15 is 0 Å². The van der Waals surface area contributed by atoms with Crippen LogP contribution in [0.2, 0.25) is 0 Å². The van der Waals surface area contributed by atoms with Crippen LogP contribution in [0.1, 0.15) is 13.8 Å². The molecule has 0 radical (unpaired) electrons. The first kappa shape index (κ1) is 12.1. The number of carbonyl (C=O) groups excluding carboxylic acids is 2. The Morgan fingerprint density at radius 2 is 2.08 bits per heavy atom. The molecule has 0 aromatic heterocycles. The molecule has 0 aliphatic rings. The van der Waals surface area contributed by atoms with Crippen molar-refractivity contribution in [2.75, 3.05) is 19.8 Å². The Labute approximate surface area is 76.6 Å². The van der Waals surface area contributed by atoms with Crippen molar-refractivity contribution in [3.8, 4) is 0 Å². The van der Waals surface area contributed by atoms with Gasteiger partial charge in [0.15, 0.2) is 5.78 Å². The Kier molecular flexibility index (Phi) is 6.09. The number of aliphatic hydroxyl groups is 1. The molecule has 0 aromatic carbocycles. The Hall–Kier alpha value is -0.940. The lowest BCUT2D eigenvalue weighted by atomic mass is 10.2. The van der Waals surface area contributed by atoms with Gasteiger partial charge in [0.1, 0.15) is 0 Å². The zero-order valence-electron chi connectivity index (χ0n) is 7.78. The molecule has 0 amide bonds. The lowest BCUT2D eigenvalue weighted by Crippen LogP contribution is -2.33. The van der Waals surface area contributed by atoms with Crippen molar-refractivity contribution in [1.82, 2.24) is 0 Å². The van der Waals surface area contributed by atoms with Gasteiger partial charge >= 0.3 is 5.97 Å². The summed E-state index contributed by atoms with van der Waals surface area (Å²) in [5.41, 5.74) is 0. The van der Waals surface area contributed by atoms with Gasteiger partial charge in [0.2, 0.25) is 6.10 Å². The maximum atomic E-state index is 11.0. The van der Waals surface area contributed by atoms with Crippen LogP contribution in [0.15, 0.2) is 0 Å². The molecule has 0 heterocycles. The van der Waals surface area contributed by atoms with E-state index in [1.54, 1.807) is 6.92 Å². The maximum absolute atomic E-state index is 11.0. The standard InChI is InChI=1S/C8H14O5/c1-3-12-8(11)7(6(2)10)13-5-4-9/h7,9H,3-5H2,1-2H3. The topological polar surface area (TPSA) is 72.8 Å². The van der Waals surface area contributed by atoms with E-state index in [0.717, 1.165) is 0 Å². The number of hydrogen-bond acceptors (Lipinski definition) is 5. The highest BCUT2D eigenvalue weighted by Crippen LogP contribution is 1.97. The predicted molar refractivity (Wildman–Crippen MR) is 44.1 cm³/mol. The van der Waals surface area contributed by atoms with Crippen molar-refractivity contribution in [3.05, 3.63) is 0 Å². The van der Waals surface area contributed by atoms with Crippen LogP contribution in [-0.2, 0) is 19.1 Å². The Morgan fingerprint density at radius 1 is 1.46 bits per heavy atom. The highest BCUT2D eigenvalue weighted by atomic mass is 16.6. The van der Waals surface area contributed by atoms with Crippen molar-refractivity contribution in [2.24, 2.45) is 0 Å². The van der Waals surface area contributed by atoms with E-state index in [9.17, 15) is 9.59 Å². The molecule has 76 valence electrons. The second kappa shape index (κ2) is 6.56. The lowest BCUT2D eigenvalue weighted by Gasteiger charge is -2.12. The third kappa shape index (κ3) is 4.59. The molecule has 0 saturated heterocycles. The molecule has 0 aromatic rings. The van der Waals surface area contributed by atoms with E-state index in [1.807, 2.05) is 0 Å². The number of ether oxygens (including phenoxy) is 2. The summed E-state index contributed by atoms with van der Waals surface area (Å²) >= 11 is 0. The fourth-order valence-electron chi connectivity index (χ4n) is 0.740. The fraction of sp³-hybridized carbons (Fsp3) is 0.750. The average molecular weight is 190 g/mol. The fourth-order valence-corrected chi connectivity index (χ4v) is 0.740. The van der Waals surface area contributed by atoms with Gasteiger partial charge in [0.05, 0.1) is 19.8 Å². The smallest absolute Gasteiger partial charge is 0.343 e. The van der Waals surface area contributed by atoms with Gasteiger partial charge in [-0.1, -0.05) is 0 Å². The molecule has 1 unspecified atom stereocenters. The molecule has 0 rings (SSSR count). The zero-order valence-corrected chi connectivity index (χ0v) is 7.78. The third-order valence-corrected chi connectivity index (χ3v) is 1.25. The molecular weight excluding hydrogens is 176 g/mol. The number of ketones is 1. The predicted octanol–water partition coefficient (Wildman–Crippen LogP) is -0.484. The zero-order chi connectivity index (χ0) is 10.3. The molecular formula is C8H14O5. The van der Waals surface area contributed by atoms with Crippen LogP contribution in [0.3, 0.4) is 0 Å². The van der Waals surface area contributed by atoms with Crippen molar-refractivity contribution in [3.63, 3.8) is 0 Å². The Balaban J connectivity index is 4.07. The summed E-state index contributed by atoms with van der Waals surface area (Å²) in [5, 5.41) is 8.42. The quantitative estimate of drug-likeness (QED) is 0.452. The minimum atomic E-state index is -1.20. The molecule has 0 bridgehead atoms. The average Bonchev–Trinajstić information content (AvgIpc) is 2.05. The first-order valence-electron chi connectivity index (χ1n) is 4.03. The summed E-state index contributed by atoms with van der Waals surface area (Å²) in [6.07, 6.45) is -1.20. The summed E-state index contributed by atoms with van der Waals surface area (Å²) in [6.45, 7) is 2.79. The monoisotopic (exact) mass is 190 g/mol. The van der Waals surface area contributed by atoms with Crippen LogP contribution in [-0.4, -0.2) is 42.8 Å². The van der Waals surface area contributed by atoms with E-state index in [0.29, 0.717) is 0 Å². The van der Waals surface area contributed by atoms with E-state index < -0.39 is 17.9 Å². The van der Waals surface area contributed by atoms with Crippen molar-refractivity contribution >= 4 is 11.8 Å². The number of Topliss-reactive ketones (excluding diaryl/α,β-unsaturated/α-hetero) is 1. The molecule has 13 heavy (non-hydrogen) atoms. The van der Waals surface area contributed by atoms with Crippen LogP contribution < -0.4 is 0 Å². The summed E-state index contributed by atoms with van der Waals surface area (Å²) in [6, 6.07) is 0. The normalized spacial score (nSPS) is 12.2. The third-order valence-electron chi connectivity index (χ3n) is 1.25. The van der Waals surface area contributed by atoms with Gasteiger partial charge in [-0.2, -0.15) is 0 Å². The van der Waals surface area contributed by atoms with Gasteiger partial charge in [-0.3, -0.25) is 4.79 Å². The van der Waals surface area contributed by atoms with Gasteiger partial charge in [0.25, 0.3) is 0 Å². The minimum absolute atomic E-state index is 0.0525. The molecule has 0 spiro atoms. The van der Waals surface area contributed by atoms with E-state index in [2.05, 4.69) is 4.74 Å². The highest BCUT2D eigenvalue weighted by molar-refractivity contribution is 6.00. The molecule has 0 saturated carbocycles. The van der Waals surface area contributed by atoms with E-state index in [4.69, 9.17) is 9.84 Å². The van der Waals surface area contributed by atoms with Gasteiger partial charge in [-0.25, -0.2) is 4.79 Å². The molecule has 5 heteroatoms. The van der Waals surface area contributed by atoms with Crippen LogP contribution >= 0.6 is 0 Å². The summed E-state index contributed by atoms with van der Waals surface area (Å²) < 4.78 is 9.39. The van der Waals surface area contributed by atoms with Crippen molar-refractivity contribution in [1.29, 1.82) is 0 Å². The SMILES string of the molecule is CCOC(=O)C(OCCO)C(C)=O. The van der Waals surface area contributed by atoms with Gasteiger partial charge in [-0.15, -0.1) is 0 Å². The number of carbonyl (C=O) groups is 2. The number of hydrogen-bond donors (Lipinski definition) is 1. The van der Waals surface area contributed by atoms with Crippen LogP contribution in [0.5, 0.6) is 0 Å². The molecule has 5 nitrogen and oxygen atoms in total. The second-order valence-electron chi connectivity index (χ2n) is 2.34. The van der Waals surface area contributed by atoms with E-state index in [1.165, 1.54) is 6.92 Å². The Bertz CT molecular complexity index is 177. The molecule has 1 atom stereocenters. The van der Waals surface area contributed by atoms with E-state index in [-0.39, 0.29) is 19.8 Å². The number of rotatable bonds is 6. The van der Waals surface area contributed by atoms with Gasteiger partial charge in [-0.05, 0) is 13.8 Å². The lowest BCUT2D eigenvalue weighted by molar-refractivity contribution is -0.161.